The molecule has 0 aromatic heterocycles. The maximum atomic E-state index is 14.1. The molecule has 12 atom stereocenters. The lowest BCUT2D eigenvalue weighted by Gasteiger charge is -2.67. The van der Waals surface area contributed by atoms with E-state index in [2.05, 4.69) is 144 Å². The number of rotatable bonds is 36. The zero-order chi connectivity index (χ0) is 89.0. The lowest BCUT2D eigenvalue weighted by molar-refractivity contribution is -0.194. The van der Waals surface area contributed by atoms with Gasteiger partial charge in [0.15, 0.2) is 24.5 Å². The second kappa shape index (κ2) is 46.2. The Morgan fingerprint density at radius 2 is 0.827 bits per heavy atom. The molecule has 8 aromatic rings. The summed E-state index contributed by atoms with van der Waals surface area (Å²) in [4.78, 5) is 98.8. The number of fused-ring (bicyclic) bond motifs is 1. The summed E-state index contributed by atoms with van der Waals surface area (Å²) in [5, 5.41) is 20.9. The molecule has 4 saturated carbocycles. The first-order chi connectivity index (χ1) is 61.7. The van der Waals surface area contributed by atoms with Crippen molar-refractivity contribution in [3.8, 4) is 5.75 Å². The molecule has 27 heteroatoms. The highest BCUT2D eigenvalue weighted by Gasteiger charge is 2.77. The van der Waals surface area contributed by atoms with Crippen LogP contribution >= 0.6 is 23.2 Å². The standard InChI is InChI=1S/C35H46N6O2.C33H38Cl2N6O2.C32H40N6O3/c36-34(37)38-14-7-12-30-33(43)41(21-28(22-8-3-1-4-9-22)23-10-5-2-6-11-23)15-13-27(40-30)20-39-32(42)31-24-16-25-17-26-18-29(31)35(25,26)19-24;34-26-15-13-25(29(35)20-26)14-16-31(42)39-21-27-17-19-41(32(43)30(40-27)12-7-18-38-33(36)37)22-28(23-8-3-1-4-9-23)24-10-5-2-6-11-24;33-32(34)35-19-10-17-29-31(40)38(22-28(24-11-4-1-5-12-24)25-13-6-2-7-14-25)20-18-26(37-29)21-36-30(39)23-41-27-15-8-3-9-16-27/h1-6,8-11,24-31,40H,7,12-21H2,(H,39,42)(H4,36,37,38);1-6,8-11,13-16,20,27-28,30,40H,7,12,17-19,21-22H2,(H,39,42)(H4,36,37,38);1-9,11-16,26,28-29,37H,10,17-23H2,(H,36,39)(H4,33,34,35)/b;16-14+;/t24?,25?,26?,27-,29?,30-,31?,35?;27-,30-;26-,29-/m000/s1. The molecule has 15 rings (SSSR count). The van der Waals surface area contributed by atoms with Gasteiger partial charge in [-0.3, -0.25) is 43.7 Å². The molecule has 25 nitrogen and oxygen atoms in total. The number of nitrogens with two attached hydrogens (primary N) is 6. The summed E-state index contributed by atoms with van der Waals surface area (Å²) < 4.78 is 5.57. The Hall–Kier alpha value is -11.6. The highest BCUT2D eigenvalue weighted by molar-refractivity contribution is 6.35. The number of carbonyl (C=O) groups excluding carboxylic acids is 6. The molecule has 7 fully saturated rings. The van der Waals surface area contributed by atoms with E-state index in [9.17, 15) is 28.8 Å². The number of aliphatic imine (C=N–C) groups is 3. The van der Waals surface area contributed by atoms with Crippen molar-refractivity contribution in [3.63, 3.8) is 0 Å². The molecule has 670 valence electrons. The number of nitrogens with one attached hydrogen (secondary N) is 6. The summed E-state index contributed by atoms with van der Waals surface area (Å²) in [6, 6.07) is 75.0. The van der Waals surface area contributed by atoms with Gasteiger partial charge in [0, 0.05) is 136 Å². The molecular weight excluding hydrogens is 1640 g/mol. The second-order valence-electron chi connectivity index (χ2n) is 34.6. The van der Waals surface area contributed by atoms with Crippen LogP contribution in [0.25, 0.3) is 6.08 Å². The molecule has 6 amide bonds. The van der Waals surface area contributed by atoms with Crippen molar-refractivity contribution in [1.29, 1.82) is 0 Å². The fraction of sp³-hybridized carbons (Fsp3) is 0.410. The van der Waals surface area contributed by atoms with E-state index in [0.717, 1.165) is 40.5 Å². The normalized spacial score (nSPS) is 22.8. The molecule has 18 N–H and O–H groups in total. The van der Waals surface area contributed by atoms with E-state index >= 15 is 0 Å². The Morgan fingerprint density at radius 1 is 0.465 bits per heavy atom. The largest absolute Gasteiger partial charge is 0.484 e. The molecule has 3 aliphatic heterocycles. The average Bonchev–Trinajstić information content (AvgIpc) is 1.48. The SMILES string of the molecule is NC(N)=NCCC[C@@H]1N[C@H](CNC(=O)/C=C/c2ccc(Cl)cc2Cl)CCN(CC(c2ccccc2)c2ccccc2)C1=O.NC(N)=NCCC[C@@H]1N[C@H](CNC(=O)C2C3CC4CC5CC2C45C3)CCN(CC(c2ccccc2)c2ccccc2)C1=O.NC(N)=NCCC[C@@H]1N[C@H](CNC(=O)COc2ccccc2)CCN(CC(c2ccccc2)c2ccccc2)C1=O. The maximum absolute atomic E-state index is 14.1. The molecule has 6 unspecified atom stereocenters. The number of halogens is 2. The van der Waals surface area contributed by atoms with Gasteiger partial charge in [0.05, 0.1) is 18.1 Å². The molecule has 7 aliphatic rings. The average molecular weight is 1760 g/mol. The number of guanidine groups is 3. The summed E-state index contributed by atoms with van der Waals surface area (Å²) >= 11 is 12.2. The summed E-state index contributed by atoms with van der Waals surface area (Å²) in [7, 11) is 0. The number of para-hydroxylation sites is 1. The number of benzene rings is 8. The molecule has 2 bridgehead atoms. The zero-order valence-electron chi connectivity index (χ0n) is 72.3. The minimum absolute atomic E-state index is 0.0229. The molecule has 8 aromatic carbocycles. The molecule has 0 radical (unpaired) electrons. The number of nitrogens with zero attached hydrogens (tertiary/aromatic N) is 6. The fourth-order valence-electron chi connectivity index (χ4n) is 20.2. The third-order valence-corrected chi connectivity index (χ3v) is 27.0. The Balaban J connectivity index is 0.000000163. The van der Waals surface area contributed by atoms with Gasteiger partial charge in [-0.15, -0.1) is 0 Å². The highest BCUT2D eigenvalue weighted by atomic mass is 35.5. The van der Waals surface area contributed by atoms with Crippen LogP contribution in [-0.4, -0.2) is 189 Å². The first-order valence-corrected chi connectivity index (χ1v) is 45.7. The topological polar surface area (TPSA) is 387 Å². The van der Waals surface area contributed by atoms with Crippen LogP contribution < -0.4 is 71.0 Å². The molecule has 4 aliphatic carbocycles. The Labute approximate surface area is 756 Å². The number of ether oxygens (including phenoxy) is 1. The predicted octanol–water partition coefficient (Wildman–Crippen LogP) is 10.4. The van der Waals surface area contributed by atoms with Gasteiger partial charge in [-0.25, -0.2) is 0 Å². The number of hydrogen-bond acceptors (Lipinski definition) is 13. The number of amides is 6. The van der Waals surface area contributed by atoms with Gasteiger partial charge in [0.25, 0.3) is 5.91 Å². The van der Waals surface area contributed by atoms with Crippen LogP contribution in [0.3, 0.4) is 0 Å². The van der Waals surface area contributed by atoms with Crippen molar-refractivity contribution in [2.45, 2.75) is 137 Å². The quantitative estimate of drug-likeness (QED) is 0.00751. The molecule has 3 heterocycles. The van der Waals surface area contributed by atoms with Gasteiger partial charge in [0.1, 0.15) is 5.75 Å². The number of carbonyl (C=O) groups is 6. The lowest BCUT2D eigenvalue weighted by atomic mass is 9.37. The molecule has 3 saturated heterocycles. The van der Waals surface area contributed by atoms with Crippen LogP contribution in [0.2, 0.25) is 10.0 Å². The highest BCUT2D eigenvalue weighted by Crippen LogP contribution is 2.82. The Morgan fingerprint density at radius 3 is 1.19 bits per heavy atom. The Kier molecular flexibility index (Phi) is 33.9. The lowest BCUT2D eigenvalue weighted by Crippen LogP contribution is -2.63. The van der Waals surface area contributed by atoms with Crippen LogP contribution in [0, 0.1) is 35.0 Å². The van der Waals surface area contributed by atoms with E-state index in [1.807, 2.05) is 130 Å². The third kappa shape index (κ3) is 25.6. The van der Waals surface area contributed by atoms with Gasteiger partial charge in [-0.2, -0.15) is 0 Å². The Bertz CT molecular complexity index is 4880. The number of hydrogen-bond donors (Lipinski definition) is 12. The van der Waals surface area contributed by atoms with Crippen LogP contribution in [0.4, 0.5) is 0 Å². The summed E-state index contributed by atoms with van der Waals surface area (Å²) in [5.74, 6) is 4.11. The van der Waals surface area contributed by atoms with E-state index in [1.165, 1.54) is 42.9 Å². The van der Waals surface area contributed by atoms with E-state index in [-0.39, 0.29) is 108 Å². The van der Waals surface area contributed by atoms with Crippen molar-refractivity contribution < 1.29 is 33.5 Å². The second-order valence-corrected chi connectivity index (χ2v) is 35.5. The van der Waals surface area contributed by atoms with Crippen molar-refractivity contribution in [1.82, 2.24) is 46.6 Å². The minimum atomic E-state index is -0.436. The van der Waals surface area contributed by atoms with Gasteiger partial charge in [0.2, 0.25) is 29.5 Å². The van der Waals surface area contributed by atoms with Crippen molar-refractivity contribution >= 4 is 82.6 Å². The van der Waals surface area contributed by atoms with Crippen molar-refractivity contribution in [2.75, 3.05) is 85.1 Å². The molecular formula is C100H124Cl2N18O7. The molecule has 127 heavy (non-hydrogen) atoms. The van der Waals surface area contributed by atoms with Crippen LogP contribution in [0.15, 0.2) is 252 Å². The minimum Gasteiger partial charge on any atom is -0.484 e. The van der Waals surface area contributed by atoms with Crippen LogP contribution in [0.1, 0.15) is 140 Å². The maximum Gasteiger partial charge on any atom is 0.257 e. The predicted molar refractivity (Wildman–Crippen MR) is 504 cm³/mol. The van der Waals surface area contributed by atoms with Crippen LogP contribution in [0.5, 0.6) is 5.75 Å². The van der Waals surface area contributed by atoms with E-state index in [0.29, 0.717) is 169 Å². The third-order valence-electron chi connectivity index (χ3n) is 26.5. The zero-order valence-corrected chi connectivity index (χ0v) is 73.8. The van der Waals surface area contributed by atoms with Gasteiger partial charge in [-0.05, 0) is 182 Å². The van der Waals surface area contributed by atoms with Crippen molar-refractivity contribution in [3.05, 3.63) is 286 Å². The first-order valence-electron chi connectivity index (χ1n) is 45.0. The van der Waals surface area contributed by atoms with E-state index in [1.54, 1.807) is 24.3 Å². The van der Waals surface area contributed by atoms with Crippen molar-refractivity contribution in [2.24, 2.45) is 84.4 Å². The summed E-state index contributed by atoms with van der Waals surface area (Å²) in [6.45, 7) is 6.10. The smallest absolute Gasteiger partial charge is 0.257 e. The first kappa shape index (κ1) is 93.0. The monoisotopic (exact) mass is 1760 g/mol. The van der Waals surface area contributed by atoms with Gasteiger partial charge in [-0.1, -0.05) is 229 Å². The van der Waals surface area contributed by atoms with E-state index in [4.69, 9.17) is 62.3 Å². The van der Waals surface area contributed by atoms with E-state index < -0.39 is 12.1 Å². The molecule has 1 spiro atoms. The summed E-state index contributed by atoms with van der Waals surface area (Å²) in [5.41, 5.74) is 41.3. The fourth-order valence-corrected chi connectivity index (χ4v) is 20.7. The van der Waals surface area contributed by atoms with Crippen LogP contribution in [-0.2, 0) is 28.8 Å². The summed E-state index contributed by atoms with van der Waals surface area (Å²) in [6.07, 6.45) is 14.3. The van der Waals surface area contributed by atoms with Gasteiger partial charge < -0.3 is 85.7 Å². The van der Waals surface area contributed by atoms with Gasteiger partial charge >= 0.3 is 0 Å².